The summed E-state index contributed by atoms with van der Waals surface area (Å²) in [6, 6.07) is 19.3. The minimum Gasteiger partial charge on any atom is -0.395 e. The van der Waals surface area contributed by atoms with E-state index in [1.807, 2.05) is 54.6 Å². The molecule has 0 atom stereocenters. The van der Waals surface area contributed by atoms with Gasteiger partial charge in [0.25, 0.3) is 0 Å². The van der Waals surface area contributed by atoms with Crippen molar-refractivity contribution in [2.75, 3.05) is 6.61 Å². The quantitative estimate of drug-likeness (QED) is 0.331. The van der Waals surface area contributed by atoms with Crippen LogP contribution in [-0.4, -0.2) is 17.3 Å². The summed E-state index contributed by atoms with van der Waals surface area (Å²) in [7, 11) is 0. The van der Waals surface area contributed by atoms with Crippen LogP contribution in [0, 0.1) is 0 Å². The highest BCUT2D eigenvalue weighted by atomic mass is 16.6. The van der Waals surface area contributed by atoms with Gasteiger partial charge in [-0.1, -0.05) is 53.7 Å². The van der Waals surface area contributed by atoms with Gasteiger partial charge in [0.1, 0.15) is 12.3 Å². The van der Waals surface area contributed by atoms with Crippen molar-refractivity contribution in [1.29, 1.82) is 0 Å². The van der Waals surface area contributed by atoms with Crippen molar-refractivity contribution in [3.63, 3.8) is 0 Å². The molecule has 0 saturated carbocycles. The van der Waals surface area contributed by atoms with Crippen molar-refractivity contribution in [3.05, 3.63) is 101 Å². The highest BCUT2D eigenvalue weighted by molar-refractivity contribution is 6.12. The van der Waals surface area contributed by atoms with Crippen molar-refractivity contribution >= 4 is 11.3 Å². The van der Waals surface area contributed by atoms with Gasteiger partial charge in [-0.3, -0.25) is 10.1 Å². The minimum atomic E-state index is 0.130. The maximum Gasteiger partial charge on any atom is 0.182 e. The Kier molecular flexibility index (Phi) is 5.48. The monoisotopic (exact) mass is 369 g/mol. The predicted octanol–water partition coefficient (Wildman–Crippen LogP) is 5.41. The number of pyridine rings is 1. The predicted molar refractivity (Wildman–Crippen MR) is 110 cm³/mol. The second kappa shape index (κ2) is 8.53. The van der Waals surface area contributed by atoms with Gasteiger partial charge in [-0.2, -0.15) is 0 Å². The Balaban J connectivity index is 1.49. The Labute approximate surface area is 164 Å². The fraction of sp³-hybridized carbons (Fsp3) is 0.167. The van der Waals surface area contributed by atoms with Gasteiger partial charge < -0.3 is 4.84 Å². The molecular formula is C24H21N2O2. The van der Waals surface area contributed by atoms with E-state index < -0.39 is 0 Å². The second-order valence-electron chi connectivity index (χ2n) is 6.68. The van der Waals surface area contributed by atoms with Crippen LogP contribution in [0.2, 0.25) is 0 Å². The fourth-order valence-electron chi connectivity index (χ4n) is 3.50. The molecule has 0 amide bonds. The molecule has 4 rings (SSSR count). The zero-order chi connectivity index (χ0) is 19.2. The maximum absolute atomic E-state index is 12.1. The van der Waals surface area contributed by atoms with Crippen molar-refractivity contribution in [3.8, 4) is 5.75 Å². The largest absolute Gasteiger partial charge is 0.395 e. The number of rotatable bonds is 6. The van der Waals surface area contributed by atoms with Crippen LogP contribution in [0.5, 0.6) is 5.75 Å². The first-order valence-corrected chi connectivity index (χ1v) is 9.47. The van der Waals surface area contributed by atoms with Crippen molar-refractivity contribution in [2.45, 2.75) is 19.3 Å². The average Bonchev–Trinajstić information content (AvgIpc) is 2.75. The molecule has 1 aromatic heterocycles. The van der Waals surface area contributed by atoms with E-state index in [2.05, 4.69) is 16.2 Å². The number of benzene rings is 2. The highest BCUT2D eigenvalue weighted by Gasteiger charge is 2.16. The summed E-state index contributed by atoms with van der Waals surface area (Å²) in [4.78, 5) is 9.88. The molecule has 2 aromatic carbocycles. The highest BCUT2D eigenvalue weighted by Crippen LogP contribution is 2.34. The topological polar surface area (TPSA) is 54.4 Å². The zero-order valence-corrected chi connectivity index (χ0v) is 15.5. The van der Waals surface area contributed by atoms with Crippen molar-refractivity contribution in [1.82, 2.24) is 4.98 Å². The first kappa shape index (κ1) is 18.0. The number of hydrogen-bond donors (Lipinski definition) is 0. The van der Waals surface area contributed by atoms with E-state index in [1.165, 1.54) is 0 Å². The molecule has 1 heterocycles. The van der Waals surface area contributed by atoms with Crippen LogP contribution < -0.4 is 0 Å². The maximum atomic E-state index is 12.1. The Morgan fingerprint density at radius 2 is 1.86 bits per heavy atom. The molecule has 1 radical (unpaired) electrons. The van der Waals surface area contributed by atoms with E-state index in [0.717, 1.165) is 52.8 Å². The summed E-state index contributed by atoms with van der Waals surface area (Å²) in [5.74, 6) is 0.130. The molecule has 28 heavy (non-hydrogen) atoms. The van der Waals surface area contributed by atoms with Gasteiger partial charge in [0.2, 0.25) is 0 Å². The lowest BCUT2D eigenvalue weighted by molar-refractivity contribution is 0.151. The molecule has 0 N–H and O–H groups in total. The molecular weight excluding hydrogens is 348 g/mol. The fourth-order valence-corrected chi connectivity index (χ4v) is 3.50. The van der Waals surface area contributed by atoms with E-state index >= 15 is 0 Å². The molecule has 0 bridgehead atoms. The van der Waals surface area contributed by atoms with Crippen LogP contribution in [0.4, 0.5) is 0 Å². The van der Waals surface area contributed by atoms with Gasteiger partial charge in [-0.05, 0) is 42.2 Å². The molecule has 4 nitrogen and oxygen atoms in total. The molecule has 0 spiro atoms. The lowest BCUT2D eigenvalue weighted by Gasteiger charge is -2.17. The van der Waals surface area contributed by atoms with Crippen LogP contribution in [0.25, 0.3) is 5.57 Å². The van der Waals surface area contributed by atoms with Gasteiger partial charge in [-0.15, -0.1) is 0 Å². The van der Waals surface area contributed by atoms with E-state index in [1.54, 1.807) is 18.5 Å². The van der Waals surface area contributed by atoms with E-state index in [-0.39, 0.29) is 5.75 Å². The molecule has 139 valence electrons. The van der Waals surface area contributed by atoms with Gasteiger partial charge in [0.05, 0.1) is 0 Å². The van der Waals surface area contributed by atoms with Gasteiger partial charge in [0, 0.05) is 35.5 Å². The summed E-state index contributed by atoms with van der Waals surface area (Å²) in [5, 5.41) is 16.5. The SMILES string of the molecule is [O]c1cccc2c1CCC=C2CCO/N=C(\c1ccccc1)c1cccnc1. The molecule has 0 unspecified atom stereocenters. The van der Waals surface area contributed by atoms with Gasteiger partial charge in [0.15, 0.2) is 5.75 Å². The Bertz CT molecular complexity index is 954. The number of aromatic nitrogens is 1. The minimum absolute atomic E-state index is 0.130. The number of oxime groups is 1. The summed E-state index contributed by atoms with van der Waals surface area (Å²) in [5.41, 5.74) is 5.79. The Morgan fingerprint density at radius 3 is 2.68 bits per heavy atom. The standard InChI is InChI=1S/C24H21N2O2/c27-23-13-5-11-21-18(9-4-12-22(21)23)14-16-28-26-24(19-7-2-1-3-8-19)20-10-6-15-25-17-20/h1-3,5-11,13,15,17H,4,12,14,16H2/b26-24+. The number of hydrogen-bond acceptors (Lipinski definition) is 3. The molecule has 3 aromatic rings. The normalized spacial score (nSPS) is 13.6. The second-order valence-corrected chi connectivity index (χ2v) is 6.68. The van der Waals surface area contributed by atoms with Crippen LogP contribution >= 0.6 is 0 Å². The Morgan fingerprint density at radius 1 is 1.00 bits per heavy atom. The van der Waals surface area contributed by atoms with Gasteiger partial charge in [-0.25, -0.2) is 0 Å². The van der Waals surface area contributed by atoms with Crippen LogP contribution in [0.15, 0.2) is 84.3 Å². The van der Waals surface area contributed by atoms with Crippen LogP contribution in [0.3, 0.4) is 0 Å². The number of fused-ring (bicyclic) bond motifs is 1. The summed E-state index contributed by atoms with van der Waals surface area (Å²) in [6.07, 6.45) is 8.16. The van der Waals surface area contributed by atoms with E-state index in [0.29, 0.717) is 6.61 Å². The molecule has 0 saturated heterocycles. The third kappa shape index (κ3) is 3.96. The van der Waals surface area contributed by atoms with Crippen LogP contribution in [-0.2, 0) is 16.4 Å². The van der Waals surface area contributed by atoms with Crippen molar-refractivity contribution < 1.29 is 9.94 Å². The van der Waals surface area contributed by atoms with Crippen molar-refractivity contribution in [2.24, 2.45) is 5.16 Å². The molecule has 1 aliphatic rings. The van der Waals surface area contributed by atoms with E-state index in [4.69, 9.17) is 4.84 Å². The first-order chi connectivity index (χ1) is 13.8. The molecule has 4 heteroatoms. The van der Waals surface area contributed by atoms with E-state index in [9.17, 15) is 5.11 Å². The molecule has 1 aliphatic carbocycles. The number of allylic oxidation sites excluding steroid dienone is 1. The Hall–Kier alpha value is -3.40. The zero-order valence-electron chi connectivity index (χ0n) is 15.5. The summed E-state index contributed by atoms with van der Waals surface area (Å²) < 4.78 is 0. The first-order valence-electron chi connectivity index (χ1n) is 9.47. The average molecular weight is 369 g/mol. The molecule has 0 fully saturated rings. The molecule has 0 aliphatic heterocycles. The lowest BCUT2D eigenvalue weighted by Crippen LogP contribution is -2.06. The third-order valence-electron chi connectivity index (χ3n) is 4.86. The smallest absolute Gasteiger partial charge is 0.182 e. The van der Waals surface area contributed by atoms with Crippen LogP contribution in [0.1, 0.15) is 35.1 Å². The third-order valence-corrected chi connectivity index (χ3v) is 4.86. The lowest BCUT2D eigenvalue weighted by atomic mass is 9.89. The number of nitrogens with zero attached hydrogens (tertiary/aromatic N) is 2. The summed E-state index contributed by atoms with van der Waals surface area (Å²) in [6.45, 7) is 0.449. The van der Waals surface area contributed by atoms with Gasteiger partial charge >= 0.3 is 0 Å². The summed E-state index contributed by atoms with van der Waals surface area (Å²) >= 11 is 0.